The molecule has 0 amide bonds. The number of unbranched alkanes of at least 4 members (excludes halogenated alkanes) is 12. The number of aliphatic hydroxyl groups excluding tert-OH is 2. The molecular formula is C37H68O6S. The molecule has 7 heteroatoms. The average Bonchev–Trinajstić information content (AvgIpc) is 3.01. The molecule has 0 radical (unpaired) electrons. The third-order valence-corrected chi connectivity index (χ3v) is 5.93. The largest absolute Gasteiger partial charge is 0.457 e. The molecule has 0 aliphatic rings. The van der Waals surface area contributed by atoms with Gasteiger partial charge in [-0.2, -0.15) is 0 Å². The Morgan fingerprint density at radius 1 is 0.682 bits per heavy atom. The Balaban J connectivity index is -0.0000000496. The van der Waals surface area contributed by atoms with E-state index in [0.717, 1.165) is 24.6 Å². The minimum Gasteiger partial charge on any atom is -0.457 e. The van der Waals surface area contributed by atoms with Crippen molar-refractivity contribution in [2.45, 2.75) is 117 Å². The molecule has 0 saturated carbocycles. The first-order valence-corrected chi connectivity index (χ1v) is 15.9. The van der Waals surface area contributed by atoms with Gasteiger partial charge in [-0.05, 0) is 89.6 Å². The summed E-state index contributed by atoms with van der Waals surface area (Å²) in [7, 11) is 0. The zero-order valence-corrected chi connectivity index (χ0v) is 27.4. The van der Waals surface area contributed by atoms with Gasteiger partial charge in [-0.25, -0.2) is 0 Å². The molecule has 0 aromatic heterocycles. The van der Waals surface area contributed by atoms with E-state index in [0.29, 0.717) is 6.42 Å². The van der Waals surface area contributed by atoms with Gasteiger partial charge in [0.15, 0.2) is 5.12 Å². The van der Waals surface area contributed by atoms with E-state index >= 15 is 0 Å². The molecule has 0 aromatic carbocycles. The second-order valence-electron chi connectivity index (χ2n) is 9.23. The van der Waals surface area contributed by atoms with Gasteiger partial charge in [0.1, 0.15) is 12.9 Å². The molecule has 0 fully saturated rings. The van der Waals surface area contributed by atoms with Crippen LogP contribution in [0.4, 0.5) is 0 Å². The van der Waals surface area contributed by atoms with Gasteiger partial charge in [-0.15, -0.1) is 0 Å². The second-order valence-corrected chi connectivity index (χ2v) is 10.2. The Kier molecular flexibility index (Phi) is 36.0. The van der Waals surface area contributed by atoms with Crippen LogP contribution in [0.15, 0.2) is 0 Å². The van der Waals surface area contributed by atoms with E-state index in [4.69, 9.17) is 19.7 Å². The van der Waals surface area contributed by atoms with Gasteiger partial charge in [0, 0.05) is 40.8 Å². The summed E-state index contributed by atoms with van der Waals surface area (Å²) < 4.78 is 9.81. The lowest BCUT2D eigenvalue weighted by molar-refractivity contribution is -0.157. The summed E-state index contributed by atoms with van der Waals surface area (Å²) in [5, 5.41) is 20.0. The van der Waals surface area contributed by atoms with Crippen molar-refractivity contribution in [2.24, 2.45) is 0 Å². The van der Waals surface area contributed by atoms with Crippen LogP contribution in [0.25, 0.3) is 0 Å². The van der Waals surface area contributed by atoms with Crippen molar-refractivity contribution < 1.29 is 45.0 Å². The van der Waals surface area contributed by atoms with Crippen molar-refractivity contribution in [3.05, 3.63) is 0 Å². The maximum absolute atomic E-state index is 11.6. The highest BCUT2D eigenvalue weighted by molar-refractivity contribution is 8.17. The molecule has 2 N–H and O–H groups in total. The van der Waals surface area contributed by atoms with E-state index in [2.05, 4.69) is 89.1 Å². The molecule has 0 bridgehead atoms. The fraction of sp³-hybridized carbons (Fsp3) is 0.568. The lowest BCUT2D eigenvalue weighted by Crippen LogP contribution is -2.27. The van der Waals surface area contributed by atoms with Crippen LogP contribution in [-0.2, 0) is 19.1 Å². The molecule has 0 unspecified atom stereocenters. The average molecular weight is 641 g/mol. The predicted octanol–water partition coefficient (Wildman–Crippen LogP) is 8.31. The molecule has 0 saturated heterocycles. The van der Waals surface area contributed by atoms with Crippen molar-refractivity contribution in [1.29, 1.82) is 0 Å². The van der Waals surface area contributed by atoms with Gasteiger partial charge in [-0.1, -0.05) is 89.9 Å². The highest BCUT2D eigenvalue weighted by Crippen LogP contribution is 2.13. The van der Waals surface area contributed by atoms with Crippen LogP contribution < -0.4 is 0 Å². The van der Waals surface area contributed by atoms with Crippen LogP contribution in [0, 0.1) is 82.2 Å². The molecule has 0 heterocycles. The topological polar surface area (TPSA) is 93.1 Å². The van der Waals surface area contributed by atoms with Crippen LogP contribution >= 0.6 is 11.8 Å². The van der Waals surface area contributed by atoms with Crippen molar-refractivity contribution >= 4 is 22.8 Å². The van der Waals surface area contributed by atoms with E-state index in [1.54, 1.807) is 6.92 Å². The van der Waals surface area contributed by atoms with Crippen molar-refractivity contribution in [3.63, 3.8) is 0 Å². The molecule has 0 aromatic rings. The normalized spacial score (nSPS) is 9.11. The number of hydrogen-bond acceptors (Lipinski definition) is 7. The number of carbonyl (C=O) groups excluding carboxylic acids is 2. The molecule has 0 aliphatic carbocycles. The van der Waals surface area contributed by atoms with Crippen molar-refractivity contribution in [2.75, 3.05) is 20.0 Å². The summed E-state index contributed by atoms with van der Waals surface area (Å²) in [6.45, 7) is 4.68. The first-order chi connectivity index (χ1) is 21.5. The number of esters is 1. The zero-order chi connectivity index (χ0) is 32.8. The van der Waals surface area contributed by atoms with Crippen molar-refractivity contribution in [1.82, 2.24) is 0 Å². The van der Waals surface area contributed by atoms with Crippen LogP contribution in [-0.4, -0.2) is 47.4 Å². The van der Waals surface area contributed by atoms with Gasteiger partial charge >= 0.3 is 5.97 Å². The Labute approximate surface area is 286 Å². The zero-order valence-electron chi connectivity index (χ0n) is 26.5. The number of aliphatic hydroxyl groups is 2. The van der Waals surface area contributed by atoms with Crippen molar-refractivity contribution in [3.8, 4) is 82.2 Å². The molecule has 0 aliphatic heterocycles. The van der Waals surface area contributed by atoms with Gasteiger partial charge in [0.05, 0.1) is 13.2 Å². The van der Waals surface area contributed by atoms with Crippen LogP contribution in [0.5, 0.6) is 0 Å². The van der Waals surface area contributed by atoms with Crippen LogP contribution in [0.1, 0.15) is 126 Å². The first-order valence-electron chi connectivity index (χ1n) is 15.1. The van der Waals surface area contributed by atoms with Gasteiger partial charge in [0.25, 0.3) is 0 Å². The highest BCUT2D eigenvalue weighted by Gasteiger charge is 2.13. The minimum atomic E-state index is -0.679. The van der Waals surface area contributed by atoms with Gasteiger partial charge in [-0.3, -0.25) is 9.59 Å². The summed E-state index contributed by atoms with van der Waals surface area (Å²) >= 11 is 0.895. The highest BCUT2D eigenvalue weighted by atomic mass is 32.2. The Morgan fingerprint density at radius 2 is 1.11 bits per heavy atom. The maximum atomic E-state index is 11.6. The van der Waals surface area contributed by atoms with Gasteiger partial charge < -0.3 is 19.7 Å². The predicted molar refractivity (Wildman–Crippen MR) is 202 cm³/mol. The number of ether oxygens (including phenoxy) is 2. The smallest absolute Gasteiger partial charge is 0.306 e. The van der Waals surface area contributed by atoms with Crippen LogP contribution in [0.2, 0.25) is 0 Å². The molecule has 1 atom stereocenters. The minimum absolute atomic E-state index is 0. The molecule has 0 spiro atoms. The van der Waals surface area contributed by atoms with E-state index in [9.17, 15) is 9.59 Å². The fourth-order valence-electron chi connectivity index (χ4n) is 3.34. The van der Waals surface area contributed by atoms with E-state index in [1.165, 1.54) is 77.6 Å². The third-order valence-electron chi connectivity index (χ3n) is 5.44. The number of thioether (sulfide) groups is 1. The molecule has 258 valence electrons. The number of rotatable bonds is 19. The Hall–Kier alpha value is -3.71. The summed E-state index contributed by atoms with van der Waals surface area (Å²) in [6, 6.07) is 0. The second kappa shape index (κ2) is 37.3. The summed E-state index contributed by atoms with van der Waals surface area (Å²) in [6.07, 6.45) is 16.2. The monoisotopic (exact) mass is 640 g/mol. The molecule has 6 nitrogen and oxygen atoms in total. The summed E-state index contributed by atoms with van der Waals surface area (Å²) in [5.41, 5.74) is 0. The van der Waals surface area contributed by atoms with E-state index < -0.39 is 12.9 Å². The standard InChI is InChI=1S/C20H40O5.C17H6OS.11H2/c1-2-3-4-5-6-7-8-9-10-11-12-13-14-15-20(23)25-19(16-21)17-24-18-22;1-3-4-5-6-7-8-9-10-11-12-13-14-15-16-19-17(2)18;;;;;;;;;;;/h19,21-22H,2-18H2,1H3;1-2H3;11*1H/t19-;;;;;;;;;;;;/m1............/s1. The van der Waals surface area contributed by atoms with E-state index in [-0.39, 0.29) is 40.0 Å². The Morgan fingerprint density at radius 3 is 1.52 bits per heavy atom. The molecular weight excluding hydrogens is 572 g/mol. The summed E-state index contributed by atoms with van der Waals surface area (Å²) in [4.78, 5) is 22.1. The molecule has 44 heavy (non-hydrogen) atoms. The third kappa shape index (κ3) is 38.3. The first kappa shape index (κ1) is 42.4. The maximum Gasteiger partial charge on any atom is 0.306 e. The SMILES string of the molecule is CC#CC#CC#CC#CC#CC#CC#CSC(C)=O.CCCCCCCCCCCCCCCC(=O)O[C@H](CO)COCO.[HH].[HH].[HH].[HH].[HH].[HH].[HH].[HH].[HH].[HH].[HH]. The Bertz CT molecular complexity index is 1260. The lowest BCUT2D eigenvalue weighted by Gasteiger charge is -2.14. The lowest BCUT2D eigenvalue weighted by atomic mass is 10.0. The van der Waals surface area contributed by atoms with Gasteiger partial charge in [0.2, 0.25) is 0 Å². The fourth-order valence-corrected chi connectivity index (χ4v) is 3.58. The van der Waals surface area contributed by atoms with E-state index in [1.807, 2.05) is 0 Å². The molecule has 0 rings (SSSR count). The number of carbonyl (C=O) groups is 2. The quantitative estimate of drug-likeness (QED) is 0.0635. The number of hydrogen-bond donors (Lipinski definition) is 2. The van der Waals surface area contributed by atoms with Crippen LogP contribution in [0.3, 0.4) is 0 Å². The summed E-state index contributed by atoms with van der Waals surface area (Å²) in [5.74, 6) is 32.2.